The lowest BCUT2D eigenvalue weighted by molar-refractivity contribution is -0.0445. The molecule has 0 radical (unpaired) electrons. The van der Waals surface area contributed by atoms with Crippen molar-refractivity contribution in [1.82, 2.24) is 0 Å². The molecule has 0 saturated heterocycles. The fourth-order valence-electron chi connectivity index (χ4n) is 5.95. The second-order valence-electron chi connectivity index (χ2n) is 8.06. The first-order chi connectivity index (χ1) is 10.4. The maximum absolute atomic E-state index is 10.8. The summed E-state index contributed by atoms with van der Waals surface area (Å²) in [6, 6.07) is 5.77. The highest BCUT2D eigenvalue weighted by Gasteiger charge is 2.61. The van der Waals surface area contributed by atoms with Gasteiger partial charge in [-0.15, -0.1) is 0 Å². The highest BCUT2D eigenvalue weighted by Crippen LogP contribution is 2.62. The van der Waals surface area contributed by atoms with Crippen LogP contribution in [0, 0.1) is 23.2 Å². The van der Waals surface area contributed by atoms with E-state index in [1.807, 2.05) is 13.0 Å². The van der Waals surface area contributed by atoms with Crippen molar-refractivity contribution in [2.45, 2.75) is 57.7 Å². The molecule has 2 fully saturated rings. The maximum atomic E-state index is 10.8. The molecule has 0 amide bonds. The minimum atomic E-state index is -0.397. The van der Waals surface area contributed by atoms with Crippen LogP contribution in [0.2, 0.25) is 0 Å². The van der Waals surface area contributed by atoms with E-state index in [-0.39, 0.29) is 17.3 Å². The van der Waals surface area contributed by atoms with Crippen molar-refractivity contribution in [2.75, 3.05) is 0 Å². The summed E-state index contributed by atoms with van der Waals surface area (Å²) in [5.41, 5.74) is 2.48. The summed E-state index contributed by atoms with van der Waals surface area (Å²) in [6.45, 7) is 4.17. The Balaban J connectivity index is 1.74. The van der Waals surface area contributed by atoms with Crippen LogP contribution >= 0.6 is 0 Å². The summed E-state index contributed by atoms with van der Waals surface area (Å²) in [7, 11) is 0. The van der Waals surface area contributed by atoms with Crippen LogP contribution < -0.4 is 0 Å². The van der Waals surface area contributed by atoms with Gasteiger partial charge in [-0.1, -0.05) is 19.9 Å². The van der Waals surface area contributed by atoms with E-state index in [0.717, 1.165) is 25.7 Å². The average molecular weight is 302 g/mol. The van der Waals surface area contributed by atoms with Gasteiger partial charge in [-0.25, -0.2) is 0 Å². The van der Waals surface area contributed by atoms with E-state index in [9.17, 15) is 15.3 Å². The maximum Gasteiger partial charge on any atom is 0.115 e. The number of aromatic hydroxyl groups is 1. The van der Waals surface area contributed by atoms with E-state index in [0.29, 0.717) is 17.6 Å². The molecule has 3 heteroatoms. The molecule has 3 unspecified atom stereocenters. The van der Waals surface area contributed by atoms with Crippen molar-refractivity contribution >= 4 is 0 Å². The molecule has 2 saturated carbocycles. The van der Waals surface area contributed by atoms with Crippen LogP contribution in [0.4, 0.5) is 0 Å². The predicted octanol–water partition coefficient (Wildman–Crippen LogP) is 2.83. The molecule has 0 heterocycles. The van der Waals surface area contributed by atoms with Crippen molar-refractivity contribution in [3.05, 3.63) is 29.3 Å². The first-order valence-corrected chi connectivity index (χ1v) is 8.61. The van der Waals surface area contributed by atoms with Crippen molar-refractivity contribution in [3.63, 3.8) is 0 Å². The Morgan fingerprint density at radius 3 is 2.73 bits per heavy atom. The normalized spacial score (nSPS) is 46.7. The lowest BCUT2D eigenvalue weighted by atomic mass is 9.55. The van der Waals surface area contributed by atoms with E-state index in [1.54, 1.807) is 6.07 Å². The Kier molecular flexibility index (Phi) is 3.11. The second-order valence-corrected chi connectivity index (χ2v) is 8.06. The molecular formula is C19H26O3. The molecule has 0 aromatic heterocycles. The number of hydrogen-bond donors (Lipinski definition) is 3. The molecule has 0 bridgehead atoms. The number of fused-ring (bicyclic) bond motifs is 5. The third-order valence-corrected chi connectivity index (χ3v) is 7.09. The molecule has 3 aliphatic carbocycles. The van der Waals surface area contributed by atoms with Crippen molar-refractivity contribution in [3.8, 4) is 5.75 Å². The topological polar surface area (TPSA) is 60.7 Å². The van der Waals surface area contributed by atoms with Crippen LogP contribution in [0.1, 0.15) is 50.2 Å². The molecular weight excluding hydrogens is 276 g/mol. The number of phenols is 1. The molecule has 3 N–H and O–H groups in total. The van der Waals surface area contributed by atoms with Crippen LogP contribution in [-0.2, 0) is 6.42 Å². The van der Waals surface area contributed by atoms with Gasteiger partial charge in [0.1, 0.15) is 5.75 Å². The standard InChI is InChI=1S/C19H26O3/c1-10-17(21)16-15-5-3-11-9-12(20)4-6-13(11)14(15)7-8-19(16,2)18(10)22/h4,6,9-10,14-18,20-22H,3,5,7-8H2,1-2H3/t10-,14?,15?,16?,17+,18+,19+/m1/s1. The summed E-state index contributed by atoms with van der Waals surface area (Å²) in [5, 5.41) is 31.1. The Morgan fingerprint density at radius 2 is 1.95 bits per heavy atom. The van der Waals surface area contributed by atoms with Gasteiger partial charge >= 0.3 is 0 Å². The summed E-state index contributed by atoms with van der Waals surface area (Å²) >= 11 is 0. The Hall–Kier alpha value is -1.06. The van der Waals surface area contributed by atoms with E-state index >= 15 is 0 Å². The molecule has 7 atom stereocenters. The van der Waals surface area contributed by atoms with Gasteiger partial charge in [0.15, 0.2) is 0 Å². The Morgan fingerprint density at radius 1 is 1.18 bits per heavy atom. The van der Waals surface area contributed by atoms with Crippen LogP contribution in [0.3, 0.4) is 0 Å². The highest BCUT2D eigenvalue weighted by molar-refractivity contribution is 5.40. The van der Waals surface area contributed by atoms with Gasteiger partial charge in [0.25, 0.3) is 0 Å². The van der Waals surface area contributed by atoms with Gasteiger partial charge in [-0.3, -0.25) is 0 Å². The van der Waals surface area contributed by atoms with Gasteiger partial charge in [0.2, 0.25) is 0 Å². The highest BCUT2D eigenvalue weighted by atomic mass is 16.3. The monoisotopic (exact) mass is 302 g/mol. The van der Waals surface area contributed by atoms with E-state index in [4.69, 9.17) is 0 Å². The largest absolute Gasteiger partial charge is 0.508 e. The Bertz CT molecular complexity index is 598. The number of phenolic OH excluding ortho intramolecular Hbond substituents is 1. The zero-order chi connectivity index (χ0) is 15.6. The van der Waals surface area contributed by atoms with Gasteiger partial charge in [-0.05, 0) is 72.1 Å². The fraction of sp³-hybridized carbons (Fsp3) is 0.684. The molecule has 0 spiro atoms. The molecule has 22 heavy (non-hydrogen) atoms. The van der Waals surface area contributed by atoms with Crippen molar-refractivity contribution in [1.29, 1.82) is 0 Å². The number of rotatable bonds is 0. The molecule has 4 rings (SSSR count). The average Bonchev–Trinajstić information content (AvgIpc) is 2.68. The van der Waals surface area contributed by atoms with Gasteiger partial charge < -0.3 is 15.3 Å². The van der Waals surface area contributed by atoms with Crippen LogP contribution in [0.5, 0.6) is 5.75 Å². The number of aliphatic hydroxyl groups excluding tert-OH is 2. The smallest absolute Gasteiger partial charge is 0.115 e. The summed E-state index contributed by atoms with van der Waals surface area (Å²) in [5.74, 6) is 1.43. The number of aliphatic hydroxyl groups is 2. The van der Waals surface area contributed by atoms with Crippen LogP contribution in [0.15, 0.2) is 18.2 Å². The van der Waals surface area contributed by atoms with E-state index < -0.39 is 12.2 Å². The van der Waals surface area contributed by atoms with Crippen LogP contribution in [0.25, 0.3) is 0 Å². The zero-order valence-corrected chi connectivity index (χ0v) is 13.4. The first kappa shape index (κ1) is 14.5. The van der Waals surface area contributed by atoms with Gasteiger partial charge in [-0.2, -0.15) is 0 Å². The third kappa shape index (κ3) is 1.75. The summed E-state index contributed by atoms with van der Waals surface area (Å²) in [6.07, 6.45) is 3.28. The first-order valence-electron chi connectivity index (χ1n) is 8.61. The SMILES string of the molecule is C[C@@H]1[C@H](O)C2C3CCc4cc(O)ccc4C3CC[C@]2(C)[C@H]1O. The lowest BCUT2D eigenvalue weighted by Gasteiger charge is -2.50. The van der Waals surface area contributed by atoms with Gasteiger partial charge in [0.05, 0.1) is 12.2 Å². The van der Waals surface area contributed by atoms with Crippen molar-refractivity contribution in [2.24, 2.45) is 23.2 Å². The molecule has 3 nitrogen and oxygen atoms in total. The number of aryl methyl sites for hydroxylation is 1. The molecule has 1 aromatic carbocycles. The van der Waals surface area contributed by atoms with Gasteiger partial charge in [0, 0.05) is 5.92 Å². The minimum absolute atomic E-state index is 0.0324. The second kappa shape index (κ2) is 4.72. The lowest BCUT2D eigenvalue weighted by Crippen LogP contribution is -2.46. The Labute approximate surface area is 132 Å². The fourth-order valence-corrected chi connectivity index (χ4v) is 5.95. The van der Waals surface area contributed by atoms with E-state index in [1.165, 1.54) is 11.1 Å². The summed E-state index contributed by atoms with van der Waals surface area (Å²) in [4.78, 5) is 0. The minimum Gasteiger partial charge on any atom is -0.508 e. The van der Waals surface area contributed by atoms with E-state index in [2.05, 4.69) is 13.0 Å². The summed E-state index contributed by atoms with van der Waals surface area (Å²) < 4.78 is 0. The number of benzene rings is 1. The quantitative estimate of drug-likeness (QED) is 0.690. The number of hydrogen-bond acceptors (Lipinski definition) is 3. The third-order valence-electron chi connectivity index (χ3n) is 7.09. The van der Waals surface area contributed by atoms with Crippen LogP contribution in [-0.4, -0.2) is 27.5 Å². The molecule has 1 aromatic rings. The molecule has 120 valence electrons. The molecule has 3 aliphatic rings. The zero-order valence-electron chi connectivity index (χ0n) is 13.4. The molecule has 0 aliphatic heterocycles. The predicted molar refractivity (Wildman–Crippen MR) is 84.7 cm³/mol. The van der Waals surface area contributed by atoms with Crippen molar-refractivity contribution < 1.29 is 15.3 Å².